The Morgan fingerprint density at radius 3 is 2.58 bits per heavy atom. The second kappa shape index (κ2) is 7.65. The monoisotopic (exact) mass is 326 g/mol. The van der Waals surface area contributed by atoms with Gasteiger partial charge in [0.05, 0.1) is 13.1 Å². The maximum absolute atomic E-state index is 11.9. The molecule has 19 heavy (non-hydrogen) atoms. The number of carbonyl (C=O) groups excluding carboxylic acids is 1. The van der Waals surface area contributed by atoms with Crippen molar-refractivity contribution < 1.29 is 14.4 Å². The molecule has 0 amide bonds. The predicted octanol–water partition coefficient (Wildman–Crippen LogP) is 1.73. The van der Waals surface area contributed by atoms with Crippen LogP contribution in [0.5, 0.6) is 0 Å². The Morgan fingerprint density at radius 1 is 1.21 bits per heavy atom. The van der Waals surface area contributed by atoms with Crippen LogP contribution in [0, 0.1) is 0 Å². The van der Waals surface area contributed by atoms with Crippen molar-refractivity contribution in [3.63, 3.8) is 0 Å². The van der Waals surface area contributed by atoms with Gasteiger partial charge < -0.3 is 9.64 Å². The Kier molecular flexibility index (Phi) is 5.86. The van der Waals surface area contributed by atoms with E-state index in [0.29, 0.717) is 6.61 Å². The molecule has 0 radical (unpaired) electrons. The number of benzene rings is 1. The van der Waals surface area contributed by atoms with Gasteiger partial charge in [-0.2, -0.15) is 0 Å². The fourth-order valence-corrected chi connectivity index (χ4v) is 2.87. The van der Waals surface area contributed by atoms with Gasteiger partial charge in [-0.05, 0) is 24.8 Å². The van der Waals surface area contributed by atoms with Crippen LogP contribution in [0.2, 0.25) is 0 Å². The maximum atomic E-state index is 11.9. The topological polar surface area (TPSA) is 30.7 Å². The van der Waals surface area contributed by atoms with Crippen LogP contribution >= 0.6 is 15.9 Å². The molecule has 0 spiro atoms. The molecule has 1 N–H and O–H groups in total. The number of halogens is 1. The summed E-state index contributed by atoms with van der Waals surface area (Å²) in [5, 5.41) is 0. The van der Waals surface area contributed by atoms with Gasteiger partial charge in [0, 0.05) is 0 Å². The highest BCUT2D eigenvalue weighted by Crippen LogP contribution is 2.23. The van der Waals surface area contributed by atoms with Crippen LogP contribution in [0.15, 0.2) is 30.3 Å². The van der Waals surface area contributed by atoms with Gasteiger partial charge in [0.1, 0.15) is 18.0 Å². The first-order chi connectivity index (χ1) is 9.27. The number of quaternary nitrogens is 1. The summed E-state index contributed by atoms with van der Waals surface area (Å²) < 4.78 is 5.35. The minimum absolute atomic E-state index is 0.192. The first kappa shape index (κ1) is 14.5. The van der Waals surface area contributed by atoms with Crippen molar-refractivity contribution >= 4 is 21.9 Å². The van der Waals surface area contributed by atoms with Crippen LogP contribution in [0.4, 0.5) is 0 Å². The number of hydrogen-bond acceptors (Lipinski definition) is 2. The normalized spacial score (nSPS) is 17.9. The van der Waals surface area contributed by atoms with E-state index in [1.165, 1.54) is 32.4 Å². The van der Waals surface area contributed by atoms with Gasteiger partial charge in [-0.3, -0.25) is 4.79 Å². The third-order valence-corrected chi connectivity index (χ3v) is 4.46. The van der Waals surface area contributed by atoms with Crippen LogP contribution in [0.25, 0.3) is 0 Å². The van der Waals surface area contributed by atoms with Crippen molar-refractivity contribution in [2.75, 3.05) is 26.2 Å². The van der Waals surface area contributed by atoms with Gasteiger partial charge in [-0.15, -0.1) is 0 Å². The average molecular weight is 327 g/mol. The Morgan fingerprint density at radius 2 is 1.89 bits per heavy atom. The third kappa shape index (κ3) is 4.62. The fourth-order valence-electron chi connectivity index (χ4n) is 2.43. The standard InChI is InChI=1S/C15H20BrNO2/c16-14(13-7-3-1-4-8-13)15(18)19-12-11-17-9-5-2-6-10-17/h1,3-4,7-8,14H,2,5-6,9-12H2/p+1. The molecule has 0 aliphatic carbocycles. The summed E-state index contributed by atoms with van der Waals surface area (Å²) in [5.41, 5.74) is 0.942. The highest BCUT2D eigenvalue weighted by Gasteiger charge is 2.19. The molecule has 1 aromatic rings. The van der Waals surface area contributed by atoms with Gasteiger partial charge in [0.2, 0.25) is 0 Å². The zero-order valence-corrected chi connectivity index (χ0v) is 12.7. The van der Waals surface area contributed by atoms with Crippen molar-refractivity contribution in [3.8, 4) is 0 Å². The van der Waals surface area contributed by atoms with Crippen molar-refractivity contribution in [1.82, 2.24) is 0 Å². The summed E-state index contributed by atoms with van der Waals surface area (Å²) >= 11 is 3.40. The van der Waals surface area contributed by atoms with Crippen molar-refractivity contribution in [2.45, 2.75) is 24.1 Å². The molecule has 2 rings (SSSR count). The second-order valence-corrected chi connectivity index (χ2v) is 5.92. The van der Waals surface area contributed by atoms with Crippen molar-refractivity contribution in [3.05, 3.63) is 35.9 Å². The van der Waals surface area contributed by atoms with Crippen molar-refractivity contribution in [1.29, 1.82) is 0 Å². The van der Waals surface area contributed by atoms with E-state index in [0.717, 1.165) is 12.1 Å². The number of likely N-dealkylation sites (tertiary alicyclic amines) is 1. The first-order valence-corrected chi connectivity index (χ1v) is 7.88. The highest BCUT2D eigenvalue weighted by atomic mass is 79.9. The van der Waals surface area contributed by atoms with E-state index in [2.05, 4.69) is 15.9 Å². The Hall–Kier alpha value is -0.870. The number of esters is 1. The van der Waals surface area contributed by atoms with E-state index >= 15 is 0 Å². The lowest BCUT2D eigenvalue weighted by molar-refractivity contribution is -0.905. The molecule has 1 aliphatic heterocycles. The van der Waals surface area contributed by atoms with Crippen LogP contribution in [0.1, 0.15) is 29.7 Å². The maximum Gasteiger partial charge on any atom is 0.324 e. The van der Waals surface area contributed by atoms with Gasteiger partial charge >= 0.3 is 5.97 Å². The van der Waals surface area contributed by atoms with E-state index in [4.69, 9.17) is 4.74 Å². The van der Waals surface area contributed by atoms with Crippen molar-refractivity contribution in [2.24, 2.45) is 0 Å². The zero-order valence-electron chi connectivity index (χ0n) is 11.1. The lowest BCUT2D eigenvalue weighted by Crippen LogP contribution is -3.13. The summed E-state index contributed by atoms with van der Waals surface area (Å²) in [7, 11) is 0. The highest BCUT2D eigenvalue weighted by molar-refractivity contribution is 9.09. The van der Waals surface area contributed by atoms with Crippen LogP contribution in [-0.2, 0) is 9.53 Å². The molecule has 4 heteroatoms. The van der Waals surface area contributed by atoms with Crippen LogP contribution in [-0.4, -0.2) is 32.2 Å². The van der Waals surface area contributed by atoms with Crippen LogP contribution in [0.3, 0.4) is 0 Å². The molecule has 0 saturated carbocycles. The van der Waals surface area contributed by atoms with E-state index in [-0.39, 0.29) is 10.8 Å². The largest absolute Gasteiger partial charge is 0.459 e. The SMILES string of the molecule is O=C(OCC[NH+]1CCCCC1)C(Br)c1ccccc1. The molecule has 0 bridgehead atoms. The molecule has 1 unspecified atom stereocenters. The summed E-state index contributed by atoms with van der Waals surface area (Å²) in [6, 6.07) is 9.64. The minimum Gasteiger partial charge on any atom is -0.459 e. The fraction of sp³-hybridized carbons (Fsp3) is 0.533. The predicted molar refractivity (Wildman–Crippen MR) is 78.5 cm³/mol. The summed E-state index contributed by atoms with van der Waals surface area (Å²) in [4.78, 5) is 13.1. The number of rotatable bonds is 5. The van der Waals surface area contributed by atoms with E-state index < -0.39 is 0 Å². The number of nitrogens with one attached hydrogen (secondary N) is 1. The number of hydrogen-bond donors (Lipinski definition) is 1. The van der Waals surface area contributed by atoms with Gasteiger partial charge in [-0.1, -0.05) is 46.3 Å². The van der Waals surface area contributed by atoms with Gasteiger partial charge in [0.25, 0.3) is 0 Å². The van der Waals surface area contributed by atoms with Crippen LogP contribution < -0.4 is 4.90 Å². The molecule has 104 valence electrons. The molecule has 1 aliphatic rings. The van der Waals surface area contributed by atoms with Gasteiger partial charge in [-0.25, -0.2) is 0 Å². The first-order valence-electron chi connectivity index (χ1n) is 6.96. The second-order valence-electron chi connectivity index (χ2n) is 5.00. The lowest BCUT2D eigenvalue weighted by atomic mass is 10.1. The third-order valence-electron chi connectivity index (χ3n) is 3.56. The molecule has 1 saturated heterocycles. The summed E-state index contributed by atoms with van der Waals surface area (Å²) in [5.74, 6) is -0.192. The number of alkyl halides is 1. The Bertz CT molecular complexity index is 390. The smallest absolute Gasteiger partial charge is 0.324 e. The molecule has 1 aromatic carbocycles. The molecule has 3 nitrogen and oxygen atoms in total. The van der Waals surface area contributed by atoms with E-state index in [1.807, 2.05) is 30.3 Å². The Labute approximate surface area is 123 Å². The number of piperidine rings is 1. The zero-order chi connectivity index (χ0) is 13.5. The molecule has 1 atom stereocenters. The van der Waals surface area contributed by atoms with E-state index in [1.54, 1.807) is 4.90 Å². The Balaban J connectivity index is 1.72. The summed E-state index contributed by atoms with van der Waals surface area (Å²) in [6.45, 7) is 3.88. The minimum atomic E-state index is -0.356. The average Bonchev–Trinajstić information content (AvgIpc) is 2.48. The number of ether oxygens (including phenoxy) is 1. The van der Waals surface area contributed by atoms with Gasteiger partial charge in [0.15, 0.2) is 0 Å². The number of carbonyl (C=O) groups is 1. The van der Waals surface area contributed by atoms with E-state index in [9.17, 15) is 4.79 Å². The lowest BCUT2D eigenvalue weighted by Gasteiger charge is -2.23. The molecule has 0 aromatic heterocycles. The molecular formula is C15H21BrNO2+. The molecule has 1 fully saturated rings. The molecule has 1 heterocycles. The quantitative estimate of drug-likeness (QED) is 0.660. The molecular weight excluding hydrogens is 306 g/mol. The summed E-state index contributed by atoms with van der Waals surface area (Å²) in [6.07, 6.45) is 3.95.